The molecule has 0 saturated carbocycles. The Morgan fingerprint density at radius 2 is 1.83 bits per heavy atom. The third kappa shape index (κ3) is 4.41. The second kappa shape index (κ2) is 9.10. The zero-order chi connectivity index (χ0) is 21.7. The van der Waals surface area contributed by atoms with Crippen molar-refractivity contribution in [2.24, 2.45) is 0 Å². The number of nitriles is 1. The maximum atomic E-state index is 12.7. The molecule has 1 heterocycles. The monoisotopic (exact) mass is 401 g/mol. The zero-order valence-electron chi connectivity index (χ0n) is 17.2. The molecular weight excluding hydrogens is 378 g/mol. The maximum Gasteiger partial charge on any atom is 0.325 e. The first-order valence-electron chi connectivity index (χ1n) is 9.67. The number of anilines is 1. The predicted molar refractivity (Wildman–Crippen MR) is 117 cm³/mol. The number of para-hydroxylation sites is 1. The lowest BCUT2D eigenvalue weighted by atomic mass is 10.1. The van der Waals surface area contributed by atoms with Crippen molar-refractivity contribution in [1.82, 2.24) is 4.57 Å². The molecule has 0 aliphatic carbocycles. The minimum absolute atomic E-state index is 0.0160. The first-order chi connectivity index (χ1) is 14.4. The summed E-state index contributed by atoms with van der Waals surface area (Å²) in [4.78, 5) is 24.7. The highest BCUT2D eigenvalue weighted by Crippen LogP contribution is 2.28. The van der Waals surface area contributed by atoms with Gasteiger partial charge in [0.25, 0.3) is 5.91 Å². The van der Waals surface area contributed by atoms with E-state index in [1.807, 2.05) is 60.9 Å². The van der Waals surface area contributed by atoms with Crippen molar-refractivity contribution >= 4 is 34.5 Å². The number of amides is 1. The molecule has 0 bridgehead atoms. The van der Waals surface area contributed by atoms with Crippen LogP contribution in [-0.2, 0) is 20.9 Å². The number of carbonyl (C=O) groups is 2. The summed E-state index contributed by atoms with van der Waals surface area (Å²) in [6.07, 6.45) is 1.57. The third-order valence-corrected chi connectivity index (χ3v) is 4.84. The number of nitrogens with one attached hydrogen (secondary N) is 1. The molecule has 3 rings (SSSR count). The van der Waals surface area contributed by atoms with Gasteiger partial charge >= 0.3 is 5.97 Å². The second-order valence-electron chi connectivity index (χ2n) is 6.90. The summed E-state index contributed by atoms with van der Waals surface area (Å²) in [7, 11) is 0. The number of esters is 1. The molecule has 6 nitrogen and oxygen atoms in total. The highest BCUT2D eigenvalue weighted by atomic mass is 16.5. The van der Waals surface area contributed by atoms with Crippen LogP contribution in [0.2, 0.25) is 0 Å². The normalized spacial score (nSPS) is 11.2. The molecule has 152 valence electrons. The molecule has 0 saturated heterocycles. The Kier molecular flexibility index (Phi) is 6.33. The van der Waals surface area contributed by atoms with Gasteiger partial charge in [-0.05, 0) is 45.0 Å². The van der Waals surface area contributed by atoms with Gasteiger partial charge in [0.05, 0.1) is 6.61 Å². The van der Waals surface area contributed by atoms with Crippen molar-refractivity contribution in [2.45, 2.75) is 27.3 Å². The molecule has 0 unspecified atom stereocenters. The average molecular weight is 401 g/mol. The number of hydrogen-bond donors (Lipinski definition) is 1. The largest absolute Gasteiger partial charge is 0.465 e. The summed E-state index contributed by atoms with van der Waals surface area (Å²) in [5.41, 5.74) is 4.02. The summed E-state index contributed by atoms with van der Waals surface area (Å²) >= 11 is 0. The molecule has 0 fully saturated rings. The Morgan fingerprint density at radius 1 is 1.13 bits per heavy atom. The van der Waals surface area contributed by atoms with Gasteiger partial charge in [-0.1, -0.05) is 35.9 Å². The fourth-order valence-corrected chi connectivity index (χ4v) is 3.31. The molecule has 0 atom stereocenters. The standard InChI is InChI=1S/C24H23N3O3/c1-4-30-23(28)15-27-17(3)21(20-7-5-6-8-22(20)27)13-18(14-25)24(29)26-19-11-9-16(2)10-12-19/h5-13H,4,15H2,1-3H3,(H,26,29)/b18-13+. The van der Waals surface area contributed by atoms with Crippen LogP contribution in [0.25, 0.3) is 17.0 Å². The molecule has 1 N–H and O–H groups in total. The van der Waals surface area contributed by atoms with Gasteiger partial charge in [0.2, 0.25) is 0 Å². The van der Waals surface area contributed by atoms with E-state index in [0.29, 0.717) is 12.3 Å². The fraction of sp³-hybridized carbons (Fsp3) is 0.208. The summed E-state index contributed by atoms with van der Waals surface area (Å²) in [6.45, 7) is 5.95. The van der Waals surface area contributed by atoms with Gasteiger partial charge in [-0.25, -0.2) is 0 Å². The van der Waals surface area contributed by atoms with Crippen molar-refractivity contribution in [3.8, 4) is 6.07 Å². The predicted octanol–water partition coefficient (Wildman–Crippen LogP) is 4.37. The Morgan fingerprint density at radius 3 is 2.50 bits per heavy atom. The lowest BCUT2D eigenvalue weighted by Crippen LogP contribution is -2.14. The number of nitrogens with zero attached hydrogens (tertiary/aromatic N) is 2. The van der Waals surface area contributed by atoms with Crippen molar-refractivity contribution < 1.29 is 14.3 Å². The van der Waals surface area contributed by atoms with E-state index in [1.54, 1.807) is 25.1 Å². The lowest BCUT2D eigenvalue weighted by molar-refractivity contribution is -0.143. The van der Waals surface area contributed by atoms with Crippen LogP contribution in [0.1, 0.15) is 23.7 Å². The fourth-order valence-electron chi connectivity index (χ4n) is 3.31. The summed E-state index contributed by atoms with van der Waals surface area (Å²) in [5, 5.41) is 13.2. The third-order valence-electron chi connectivity index (χ3n) is 4.84. The van der Waals surface area contributed by atoms with E-state index in [0.717, 1.165) is 27.7 Å². The number of carbonyl (C=O) groups excluding carboxylic acids is 2. The molecule has 0 aliphatic rings. The Hall–Kier alpha value is -3.85. The summed E-state index contributed by atoms with van der Waals surface area (Å²) in [6, 6.07) is 16.9. The summed E-state index contributed by atoms with van der Waals surface area (Å²) in [5.74, 6) is -0.822. The smallest absolute Gasteiger partial charge is 0.325 e. The van der Waals surface area contributed by atoms with Crippen LogP contribution in [0.4, 0.5) is 5.69 Å². The van der Waals surface area contributed by atoms with Crippen molar-refractivity contribution in [1.29, 1.82) is 5.26 Å². The molecule has 2 aromatic carbocycles. The first kappa shape index (κ1) is 20.9. The highest BCUT2D eigenvalue weighted by Gasteiger charge is 2.17. The quantitative estimate of drug-likeness (QED) is 0.378. The van der Waals surface area contributed by atoms with Crippen LogP contribution >= 0.6 is 0 Å². The molecule has 1 amide bonds. The van der Waals surface area contributed by atoms with Crippen LogP contribution in [0, 0.1) is 25.2 Å². The lowest BCUT2D eigenvalue weighted by Gasteiger charge is -2.08. The SMILES string of the molecule is CCOC(=O)Cn1c(C)c(/C=C(\C#N)C(=O)Nc2ccc(C)cc2)c2ccccc21. The first-order valence-corrected chi connectivity index (χ1v) is 9.67. The van der Waals surface area contributed by atoms with E-state index in [9.17, 15) is 14.9 Å². The number of hydrogen-bond acceptors (Lipinski definition) is 4. The van der Waals surface area contributed by atoms with Crippen LogP contribution in [0.15, 0.2) is 54.1 Å². The number of benzene rings is 2. The molecule has 1 aromatic heterocycles. The highest BCUT2D eigenvalue weighted by molar-refractivity contribution is 6.11. The van der Waals surface area contributed by atoms with Gasteiger partial charge in [-0.3, -0.25) is 9.59 Å². The molecule has 30 heavy (non-hydrogen) atoms. The topological polar surface area (TPSA) is 84.1 Å². The van der Waals surface area contributed by atoms with Gasteiger partial charge in [0.1, 0.15) is 18.2 Å². The summed E-state index contributed by atoms with van der Waals surface area (Å²) < 4.78 is 6.92. The molecule has 0 radical (unpaired) electrons. The van der Waals surface area contributed by atoms with Crippen molar-refractivity contribution in [3.05, 3.63) is 70.9 Å². The molecule has 6 heteroatoms. The number of fused-ring (bicyclic) bond motifs is 1. The van der Waals surface area contributed by atoms with Gasteiger partial charge in [0, 0.05) is 27.8 Å². The van der Waals surface area contributed by atoms with Crippen LogP contribution in [-0.4, -0.2) is 23.1 Å². The van der Waals surface area contributed by atoms with Crippen LogP contribution in [0.3, 0.4) is 0 Å². The number of aryl methyl sites for hydroxylation is 1. The molecule has 0 spiro atoms. The minimum atomic E-state index is -0.483. The van der Waals surface area contributed by atoms with E-state index >= 15 is 0 Å². The van der Waals surface area contributed by atoms with Crippen molar-refractivity contribution in [2.75, 3.05) is 11.9 Å². The van der Waals surface area contributed by atoms with E-state index in [2.05, 4.69) is 5.32 Å². The van der Waals surface area contributed by atoms with E-state index in [-0.39, 0.29) is 18.1 Å². The maximum absolute atomic E-state index is 12.7. The van der Waals surface area contributed by atoms with Gasteiger partial charge in [0.15, 0.2) is 0 Å². The molecular formula is C24H23N3O3. The molecule has 0 aliphatic heterocycles. The Balaban J connectivity index is 2.00. The van der Waals surface area contributed by atoms with E-state index in [1.165, 1.54) is 0 Å². The van der Waals surface area contributed by atoms with E-state index < -0.39 is 5.91 Å². The number of ether oxygens (including phenoxy) is 1. The zero-order valence-corrected chi connectivity index (χ0v) is 17.2. The van der Waals surface area contributed by atoms with E-state index in [4.69, 9.17) is 4.74 Å². The van der Waals surface area contributed by atoms with Crippen molar-refractivity contribution in [3.63, 3.8) is 0 Å². The number of rotatable bonds is 6. The van der Waals surface area contributed by atoms with Crippen LogP contribution in [0.5, 0.6) is 0 Å². The number of aromatic nitrogens is 1. The molecule has 3 aromatic rings. The second-order valence-corrected chi connectivity index (χ2v) is 6.90. The van der Waals surface area contributed by atoms with Crippen LogP contribution < -0.4 is 5.32 Å². The van der Waals surface area contributed by atoms with Gasteiger partial charge < -0.3 is 14.6 Å². The van der Waals surface area contributed by atoms with Gasteiger partial charge in [-0.2, -0.15) is 5.26 Å². The Bertz CT molecular complexity index is 1160. The average Bonchev–Trinajstić information content (AvgIpc) is 2.99. The minimum Gasteiger partial charge on any atom is -0.465 e. The Labute approximate surface area is 175 Å². The van der Waals surface area contributed by atoms with Gasteiger partial charge in [-0.15, -0.1) is 0 Å².